The predicted molar refractivity (Wildman–Crippen MR) is 141 cm³/mol. The molecule has 0 amide bonds. The van der Waals surface area contributed by atoms with Gasteiger partial charge in [-0.3, -0.25) is 0 Å². The zero-order valence-electron chi connectivity index (χ0n) is 18.0. The topological polar surface area (TPSA) is 121 Å². The Morgan fingerprint density at radius 1 is 0.829 bits per heavy atom. The zero-order chi connectivity index (χ0) is 24.4. The van der Waals surface area contributed by atoms with Gasteiger partial charge < -0.3 is 10.3 Å². The molecule has 12 heteroatoms. The summed E-state index contributed by atoms with van der Waals surface area (Å²) in [4.78, 5) is 29.2. The minimum Gasteiger partial charge on any atom is -0.382 e. The molecule has 0 bridgehead atoms. The summed E-state index contributed by atoms with van der Waals surface area (Å²) in [5.41, 5.74) is 10.2. The van der Waals surface area contributed by atoms with Crippen LogP contribution in [0.1, 0.15) is 11.1 Å². The van der Waals surface area contributed by atoms with Gasteiger partial charge in [0, 0.05) is 39.6 Å². The number of fused-ring (bicyclic) bond motifs is 3. The number of aromatic nitrogens is 8. The molecule has 0 saturated carbocycles. The highest BCUT2D eigenvalue weighted by molar-refractivity contribution is 9.08. The van der Waals surface area contributed by atoms with E-state index in [4.69, 9.17) is 28.9 Å². The van der Waals surface area contributed by atoms with Crippen molar-refractivity contribution < 1.29 is 0 Å². The fraction of sp³-hybridized carbons (Fsp3) is 0.0870. The summed E-state index contributed by atoms with van der Waals surface area (Å²) in [7, 11) is 0. The molecule has 6 rings (SSSR count). The molecule has 0 aromatic carbocycles. The van der Waals surface area contributed by atoms with E-state index in [9.17, 15) is 0 Å². The lowest BCUT2D eigenvalue weighted by Crippen LogP contribution is -2.02. The van der Waals surface area contributed by atoms with E-state index in [0.29, 0.717) is 50.5 Å². The van der Waals surface area contributed by atoms with Crippen LogP contribution in [0, 0.1) is 0 Å². The maximum atomic E-state index is 6.26. The summed E-state index contributed by atoms with van der Waals surface area (Å²) in [5.74, 6) is 0.357. The van der Waals surface area contributed by atoms with Gasteiger partial charge in [-0.15, -0.1) is 0 Å². The molecule has 35 heavy (non-hydrogen) atoms. The first kappa shape index (κ1) is 23.3. The standard InChI is InChI=1S/C14H10ClN7.C9H6BrClN2/c15-11-9(4-8-2-1-3-17-13(8)21-11)5-22-7-20-10-12(16)18-6-19-14(10)22;10-5-7-4-6-2-1-3-12-9(6)13-8(7)11/h1-4,6-7H,5H2,(H2,16,18,19);1-4H,5H2. The van der Waals surface area contributed by atoms with Crippen LogP contribution in [0.3, 0.4) is 0 Å². The second-order valence-corrected chi connectivity index (χ2v) is 8.69. The van der Waals surface area contributed by atoms with Crippen molar-refractivity contribution in [3.8, 4) is 0 Å². The highest BCUT2D eigenvalue weighted by Crippen LogP contribution is 2.23. The van der Waals surface area contributed by atoms with Crippen LogP contribution in [0.25, 0.3) is 33.2 Å². The molecule has 0 aliphatic carbocycles. The lowest BCUT2D eigenvalue weighted by Gasteiger charge is -2.07. The summed E-state index contributed by atoms with van der Waals surface area (Å²) in [6, 6.07) is 11.6. The van der Waals surface area contributed by atoms with Crippen LogP contribution in [0.5, 0.6) is 0 Å². The first-order valence-corrected chi connectivity index (χ1v) is 12.2. The SMILES string of the molecule is Clc1nc2ncccc2cc1CBr.Nc1ncnc2c1ncn2Cc1cc2cccnc2nc1Cl. The van der Waals surface area contributed by atoms with Crippen molar-refractivity contribution in [2.75, 3.05) is 5.73 Å². The Bertz CT molecular complexity index is 1670. The van der Waals surface area contributed by atoms with Crippen LogP contribution in [0.4, 0.5) is 5.82 Å². The lowest BCUT2D eigenvalue weighted by atomic mass is 10.2. The molecule has 0 atom stereocenters. The Hall–Kier alpha value is -3.47. The summed E-state index contributed by atoms with van der Waals surface area (Å²) in [6.07, 6.45) is 6.48. The molecule has 0 aliphatic rings. The van der Waals surface area contributed by atoms with Crippen molar-refractivity contribution in [2.45, 2.75) is 11.9 Å². The smallest absolute Gasteiger partial charge is 0.165 e. The third-order valence-electron chi connectivity index (χ3n) is 5.15. The predicted octanol–water partition coefficient (Wildman–Crippen LogP) is 5.23. The number of nitrogens with zero attached hydrogens (tertiary/aromatic N) is 8. The lowest BCUT2D eigenvalue weighted by molar-refractivity contribution is 0.810. The highest BCUT2D eigenvalue weighted by Gasteiger charge is 2.11. The molecule has 9 nitrogen and oxygen atoms in total. The number of hydrogen-bond donors (Lipinski definition) is 1. The number of pyridine rings is 4. The Balaban J connectivity index is 0.000000166. The fourth-order valence-corrected chi connectivity index (χ4v) is 4.44. The molecule has 0 unspecified atom stereocenters. The van der Waals surface area contributed by atoms with E-state index < -0.39 is 0 Å². The van der Waals surface area contributed by atoms with Gasteiger partial charge >= 0.3 is 0 Å². The summed E-state index contributed by atoms with van der Waals surface area (Å²) in [5, 5.41) is 3.59. The van der Waals surface area contributed by atoms with Crippen molar-refractivity contribution in [3.05, 3.63) is 82.9 Å². The normalized spacial score (nSPS) is 11.1. The molecule has 2 N–H and O–H groups in total. The van der Waals surface area contributed by atoms with Crippen molar-refractivity contribution in [1.82, 2.24) is 39.5 Å². The number of anilines is 1. The van der Waals surface area contributed by atoms with Crippen molar-refractivity contribution >= 4 is 78.2 Å². The first-order chi connectivity index (χ1) is 17.0. The van der Waals surface area contributed by atoms with Crippen molar-refractivity contribution in [2.24, 2.45) is 0 Å². The Morgan fingerprint density at radius 3 is 2.11 bits per heavy atom. The van der Waals surface area contributed by atoms with E-state index in [0.717, 1.165) is 21.9 Å². The van der Waals surface area contributed by atoms with Crippen LogP contribution in [0.2, 0.25) is 10.3 Å². The molecule has 0 saturated heterocycles. The number of hydrogen-bond acceptors (Lipinski definition) is 8. The third kappa shape index (κ3) is 4.86. The van der Waals surface area contributed by atoms with Gasteiger partial charge in [-0.05, 0) is 36.4 Å². The minimum atomic E-state index is 0.357. The Kier molecular flexibility index (Phi) is 6.67. The molecule has 174 valence electrons. The average molecular weight is 569 g/mol. The summed E-state index contributed by atoms with van der Waals surface area (Å²) < 4.78 is 1.86. The number of nitrogens with two attached hydrogens (primary N) is 1. The molecule has 0 spiro atoms. The molecule has 6 aromatic rings. The van der Waals surface area contributed by atoms with Gasteiger partial charge in [-0.1, -0.05) is 39.1 Å². The highest BCUT2D eigenvalue weighted by atomic mass is 79.9. The van der Waals surface area contributed by atoms with E-state index in [-0.39, 0.29) is 0 Å². The quantitative estimate of drug-likeness (QED) is 0.227. The summed E-state index contributed by atoms with van der Waals surface area (Å²) >= 11 is 15.5. The van der Waals surface area contributed by atoms with Gasteiger partial charge in [0.25, 0.3) is 0 Å². The number of rotatable bonds is 3. The Labute approximate surface area is 217 Å². The van der Waals surface area contributed by atoms with Gasteiger partial charge in [0.15, 0.2) is 22.8 Å². The molecular formula is C23H16BrCl2N9. The van der Waals surface area contributed by atoms with Gasteiger partial charge in [0.1, 0.15) is 22.2 Å². The van der Waals surface area contributed by atoms with Gasteiger partial charge in [-0.2, -0.15) is 0 Å². The Morgan fingerprint density at radius 2 is 1.46 bits per heavy atom. The van der Waals surface area contributed by atoms with E-state index in [2.05, 4.69) is 50.8 Å². The van der Waals surface area contributed by atoms with Crippen LogP contribution in [-0.4, -0.2) is 39.5 Å². The fourth-order valence-electron chi connectivity index (χ4n) is 3.46. The summed E-state index contributed by atoms with van der Waals surface area (Å²) in [6.45, 7) is 0.490. The van der Waals surface area contributed by atoms with E-state index in [1.54, 1.807) is 18.7 Å². The van der Waals surface area contributed by atoms with Crippen molar-refractivity contribution in [3.63, 3.8) is 0 Å². The second-order valence-electron chi connectivity index (χ2n) is 7.41. The minimum absolute atomic E-state index is 0.357. The van der Waals surface area contributed by atoms with Gasteiger partial charge in [0.05, 0.1) is 12.9 Å². The van der Waals surface area contributed by atoms with Crippen LogP contribution >= 0.6 is 39.1 Å². The van der Waals surface area contributed by atoms with Gasteiger partial charge in [0.2, 0.25) is 0 Å². The second kappa shape index (κ2) is 10.0. The van der Waals surface area contributed by atoms with Crippen molar-refractivity contribution in [1.29, 1.82) is 0 Å². The molecule has 6 aromatic heterocycles. The number of alkyl halides is 1. The average Bonchev–Trinajstić information content (AvgIpc) is 3.28. The maximum Gasteiger partial charge on any atom is 0.165 e. The number of nitrogen functional groups attached to an aromatic ring is 1. The monoisotopic (exact) mass is 567 g/mol. The van der Waals surface area contributed by atoms with E-state index >= 15 is 0 Å². The van der Waals surface area contributed by atoms with E-state index in [1.807, 2.05) is 41.0 Å². The zero-order valence-corrected chi connectivity index (χ0v) is 21.1. The number of imidazole rings is 1. The third-order valence-corrected chi connectivity index (χ3v) is 6.40. The van der Waals surface area contributed by atoms with E-state index in [1.165, 1.54) is 6.33 Å². The molecule has 6 heterocycles. The number of halogens is 3. The van der Waals surface area contributed by atoms with Crippen LogP contribution < -0.4 is 5.73 Å². The molecule has 0 radical (unpaired) electrons. The molecule has 0 fully saturated rings. The van der Waals surface area contributed by atoms with Crippen LogP contribution in [0.15, 0.2) is 61.4 Å². The van der Waals surface area contributed by atoms with Crippen LogP contribution in [-0.2, 0) is 11.9 Å². The molecule has 0 aliphatic heterocycles. The van der Waals surface area contributed by atoms with Gasteiger partial charge in [-0.25, -0.2) is 34.9 Å². The first-order valence-electron chi connectivity index (χ1n) is 10.3. The maximum absolute atomic E-state index is 6.26. The largest absolute Gasteiger partial charge is 0.382 e. The molecular weight excluding hydrogens is 553 g/mol.